The second-order valence-corrected chi connectivity index (χ2v) is 8.76. The topological polar surface area (TPSA) is 64.4 Å². The summed E-state index contributed by atoms with van der Waals surface area (Å²) in [6, 6.07) is 19.3. The lowest BCUT2D eigenvalue weighted by molar-refractivity contribution is 0.146. The van der Waals surface area contributed by atoms with Gasteiger partial charge in [0, 0.05) is 37.1 Å². The summed E-state index contributed by atoms with van der Waals surface area (Å²) < 4.78 is 12.9. The Hall–Kier alpha value is -3.46. The van der Waals surface area contributed by atoms with Crippen LogP contribution >= 0.6 is 23.8 Å². The molecule has 0 amide bonds. The van der Waals surface area contributed by atoms with E-state index in [-0.39, 0.29) is 12.1 Å². The fraction of sp³-hybridized carbons (Fsp3) is 0.192. The highest BCUT2D eigenvalue weighted by Gasteiger charge is 2.42. The normalized spacial score (nSPS) is 17.4. The molecule has 9 heteroatoms. The van der Waals surface area contributed by atoms with E-state index in [0.29, 0.717) is 29.1 Å². The van der Waals surface area contributed by atoms with Gasteiger partial charge in [-0.1, -0.05) is 17.7 Å². The molecule has 0 bridgehead atoms. The average Bonchev–Trinajstić information content (AvgIpc) is 3.50. The monoisotopic (exact) mass is 505 g/mol. The third kappa shape index (κ3) is 4.73. The highest BCUT2D eigenvalue weighted by atomic mass is 35.5. The summed E-state index contributed by atoms with van der Waals surface area (Å²) in [5.41, 5.74) is 3.75. The molecule has 1 aliphatic rings. The number of benzene rings is 1. The third-order valence-corrected chi connectivity index (χ3v) is 6.45. The molecule has 2 atom stereocenters. The molecule has 0 radical (unpaired) electrons. The largest absolute Gasteiger partial charge is 0.490 e. The second-order valence-electron chi connectivity index (χ2n) is 7.97. The van der Waals surface area contributed by atoms with Gasteiger partial charge >= 0.3 is 0 Å². The van der Waals surface area contributed by atoms with Crippen LogP contribution in [0.25, 0.3) is 5.69 Å². The summed E-state index contributed by atoms with van der Waals surface area (Å²) >= 11 is 12.5. The molecule has 4 aromatic rings. The maximum Gasteiger partial charge on any atom is 0.174 e. The number of thiocarbonyl (C=S) groups is 1. The zero-order valence-electron chi connectivity index (χ0n) is 19.0. The Bertz CT molecular complexity index is 1300. The summed E-state index contributed by atoms with van der Waals surface area (Å²) in [6.07, 6.45) is 7.43. The maximum absolute atomic E-state index is 6.61. The standard InChI is InChI=1S/C26H24ClN5O2S/c1-33-14-15-34-23-10-9-18(16-20(23)27)32-25(24(30-26(32)35)21-7-2-3-12-29-21)22-8-5-13-31(22)19-6-4-11-28-17-19/h2-13,16-17,24-25H,14-15H2,1H3,(H,30,35)/t24-,25+/m1/s1. The molecule has 0 spiro atoms. The van der Waals surface area contributed by atoms with Gasteiger partial charge in [0.2, 0.25) is 0 Å². The minimum atomic E-state index is -0.191. The second kappa shape index (κ2) is 10.4. The van der Waals surface area contributed by atoms with Crippen LogP contribution in [-0.4, -0.2) is 40.0 Å². The number of nitrogens with zero attached hydrogens (tertiary/aromatic N) is 4. The van der Waals surface area contributed by atoms with E-state index in [1.807, 2.05) is 67.0 Å². The molecule has 0 unspecified atom stereocenters. The Labute approximate surface area is 214 Å². The minimum absolute atomic E-state index is 0.176. The highest BCUT2D eigenvalue weighted by Crippen LogP contribution is 2.43. The van der Waals surface area contributed by atoms with E-state index in [4.69, 9.17) is 33.3 Å². The first-order valence-corrected chi connectivity index (χ1v) is 12.0. The molecule has 35 heavy (non-hydrogen) atoms. The van der Waals surface area contributed by atoms with Crippen LogP contribution in [0.3, 0.4) is 0 Å². The van der Waals surface area contributed by atoms with Gasteiger partial charge in [-0.05, 0) is 66.8 Å². The first kappa shape index (κ1) is 23.3. The number of anilines is 1. The van der Waals surface area contributed by atoms with Gasteiger partial charge in [-0.25, -0.2) is 0 Å². The molecular formula is C26H24ClN5O2S. The van der Waals surface area contributed by atoms with Crippen molar-refractivity contribution >= 4 is 34.6 Å². The number of hydrogen-bond donors (Lipinski definition) is 1. The quantitative estimate of drug-likeness (QED) is 0.263. The molecule has 1 saturated heterocycles. The molecule has 7 nitrogen and oxygen atoms in total. The van der Waals surface area contributed by atoms with Crippen molar-refractivity contribution in [3.63, 3.8) is 0 Å². The fourth-order valence-electron chi connectivity index (χ4n) is 4.29. The Morgan fingerprint density at radius 1 is 1.03 bits per heavy atom. The average molecular weight is 506 g/mol. The van der Waals surface area contributed by atoms with E-state index in [9.17, 15) is 0 Å². The highest BCUT2D eigenvalue weighted by molar-refractivity contribution is 7.80. The summed E-state index contributed by atoms with van der Waals surface area (Å²) in [4.78, 5) is 11.0. The summed E-state index contributed by atoms with van der Waals surface area (Å²) in [5.74, 6) is 0.599. The predicted octanol–water partition coefficient (Wildman–Crippen LogP) is 5.12. The lowest BCUT2D eigenvalue weighted by Crippen LogP contribution is -2.30. The molecule has 4 heterocycles. The Morgan fingerprint density at radius 3 is 2.69 bits per heavy atom. The molecular weight excluding hydrogens is 482 g/mol. The van der Waals surface area contributed by atoms with Crippen molar-refractivity contribution in [3.8, 4) is 11.4 Å². The van der Waals surface area contributed by atoms with Crippen molar-refractivity contribution in [2.45, 2.75) is 12.1 Å². The van der Waals surface area contributed by atoms with Gasteiger partial charge in [0.15, 0.2) is 5.11 Å². The summed E-state index contributed by atoms with van der Waals surface area (Å²) in [7, 11) is 1.63. The number of ether oxygens (including phenoxy) is 2. The number of halogens is 1. The van der Waals surface area contributed by atoms with Gasteiger partial charge in [-0.3, -0.25) is 9.97 Å². The lowest BCUT2D eigenvalue weighted by Gasteiger charge is -2.29. The van der Waals surface area contributed by atoms with Crippen molar-refractivity contribution < 1.29 is 9.47 Å². The van der Waals surface area contributed by atoms with Gasteiger partial charge in [0.1, 0.15) is 18.4 Å². The molecule has 178 valence electrons. The van der Waals surface area contributed by atoms with Crippen LogP contribution in [0.15, 0.2) is 85.5 Å². The number of methoxy groups -OCH3 is 1. The van der Waals surface area contributed by atoms with E-state index < -0.39 is 0 Å². The zero-order valence-corrected chi connectivity index (χ0v) is 20.6. The van der Waals surface area contributed by atoms with Gasteiger partial charge in [-0.15, -0.1) is 0 Å². The number of aromatic nitrogens is 3. The number of hydrogen-bond acceptors (Lipinski definition) is 5. The van der Waals surface area contributed by atoms with Crippen LogP contribution in [0.5, 0.6) is 5.75 Å². The molecule has 1 N–H and O–H groups in total. The molecule has 0 saturated carbocycles. The SMILES string of the molecule is COCCOc1ccc(N2C(=S)N[C@H](c3ccccn3)[C@@H]2c2cccn2-c2cccnc2)cc1Cl. The van der Waals surface area contributed by atoms with E-state index in [1.165, 1.54) is 0 Å². The fourth-order valence-corrected chi connectivity index (χ4v) is 4.87. The first-order valence-electron chi connectivity index (χ1n) is 11.2. The van der Waals surface area contributed by atoms with E-state index >= 15 is 0 Å². The number of pyridine rings is 2. The van der Waals surface area contributed by atoms with Gasteiger partial charge in [-0.2, -0.15) is 0 Å². The Morgan fingerprint density at radius 2 is 1.94 bits per heavy atom. The van der Waals surface area contributed by atoms with Crippen molar-refractivity contribution in [2.24, 2.45) is 0 Å². The molecule has 0 aliphatic carbocycles. The van der Waals surface area contributed by atoms with Gasteiger partial charge in [0.05, 0.1) is 35.2 Å². The number of rotatable bonds is 8. The molecule has 5 rings (SSSR count). The maximum atomic E-state index is 6.61. The van der Waals surface area contributed by atoms with Crippen molar-refractivity contribution in [2.75, 3.05) is 25.2 Å². The molecule has 1 aromatic carbocycles. The van der Waals surface area contributed by atoms with Crippen molar-refractivity contribution in [1.29, 1.82) is 0 Å². The van der Waals surface area contributed by atoms with Crippen LogP contribution in [0, 0.1) is 0 Å². The van der Waals surface area contributed by atoms with Crippen LogP contribution < -0.4 is 15.0 Å². The molecule has 3 aromatic heterocycles. The summed E-state index contributed by atoms with van der Waals surface area (Å²) in [6.45, 7) is 0.902. The first-order chi connectivity index (χ1) is 17.2. The third-order valence-electron chi connectivity index (χ3n) is 5.84. The summed E-state index contributed by atoms with van der Waals surface area (Å²) in [5, 5.41) is 4.58. The minimum Gasteiger partial charge on any atom is -0.490 e. The Balaban J connectivity index is 1.58. The van der Waals surface area contributed by atoms with Crippen LogP contribution in [-0.2, 0) is 4.74 Å². The molecule has 1 aliphatic heterocycles. The van der Waals surface area contributed by atoms with Crippen molar-refractivity contribution in [3.05, 3.63) is 102 Å². The van der Waals surface area contributed by atoms with Crippen LogP contribution in [0.2, 0.25) is 5.02 Å². The van der Waals surface area contributed by atoms with E-state index in [2.05, 4.69) is 30.8 Å². The van der Waals surface area contributed by atoms with Crippen LogP contribution in [0.4, 0.5) is 5.69 Å². The Kier molecular flexibility index (Phi) is 6.94. The van der Waals surface area contributed by atoms with Crippen LogP contribution in [0.1, 0.15) is 23.5 Å². The zero-order chi connectivity index (χ0) is 24.2. The van der Waals surface area contributed by atoms with E-state index in [1.54, 1.807) is 19.5 Å². The lowest BCUT2D eigenvalue weighted by atomic mass is 10.0. The van der Waals surface area contributed by atoms with Crippen molar-refractivity contribution in [1.82, 2.24) is 19.9 Å². The van der Waals surface area contributed by atoms with Gasteiger partial charge in [0.25, 0.3) is 0 Å². The molecule has 1 fully saturated rings. The predicted molar refractivity (Wildman–Crippen MR) is 140 cm³/mol. The van der Waals surface area contributed by atoms with E-state index in [0.717, 1.165) is 22.8 Å². The number of nitrogens with one attached hydrogen (secondary N) is 1. The van der Waals surface area contributed by atoms with Gasteiger partial charge < -0.3 is 24.3 Å². The smallest absolute Gasteiger partial charge is 0.174 e.